The molecule has 3 aromatic rings. The molecule has 1 saturated heterocycles. The summed E-state index contributed by atoms with van der Waals surface area (Å²) in [5.74, 6) is 0.286. The van der Waals surface area contributed by atoms with Crippen LogP contribution in [0.3, 0.4) is 0 Å². The summed E-state index contributed by atoms with van der Waals surface area (Å²) < 4.78 is 2.08. The van der Waals surface area contributed by atoms with Crippen LogP contribution in [0.25, 0.3) is 11.0 Å². The summed E-state index contributed by atoms with van der Waals surface area (Å²) in [6.45, 7) is 2.57. The molecule has 0 spiro atoms. The smallest absolute Gasteiger partial charge is 0.254 e. The number of benzene rings is 2. The maximum Gasteiger partial charge on any atom is 0.254 e. The van der Waals surface area contributed by atoms with E-state index < -0.39 is 6.04 Å². The van der Waals surface area contributed by atoms with Gasteiger partial charge in [0, 0.05) is 39.6 Å². The Labute approximate surface area is 191 Å². The van der Waals surface area contributed by atoms with E-state index in [-0.39, 0.29) is 30.6 Å². The van der Waals surface area contributed by atoms with E-state index >= 15 is 0 Å². The summed E-state index contributed by atoms with van der Waals surface area (Å²) in [6.07, 6.45) is 0.455. The highest BCUT2D eigenvalue weighted by atomic mass is 16.2. The van der Waals surface area contributed by atoms with E-state index in [4.69, 9.17) is 4.98 Å². The van der Waals surface area contributed by atoms with Crippen molar-refractivity contribution < 1.29 is 14.4 Å². The number of fused-ring (bicyclic) bond motifs is 2. The first-order chi connectivity index (χ1) is 16.0. The number of hydrogen-bond donors (Lipinski definition) is 2. The van der Waals surface area contributed by atoms with E-state index in [1.165, 1.54) is 0 Å². The second-order valence-corrected chi connectivity index (χ2v) is 8.43. The quantitative estimate of drug-likeness (QED) is 0.636. The van der Waals surface area contributed by atoms with Gasteiger partial charge in [0.15, 0.2) is 0 Å². The Morgan fingerprint density at radius 2 is 1.76 bits per heavy atom. The van der Waals surface area contributed by atoms with Crippen LogP contribution in [-0.4, -0.2) is 64.4 Å². The summed E-state index contributed by atoms with van der Waals surface area (Å²) in [4.78, 5) is 46.6. The van der Waals surface area contributed by atoms with Crippen LogP contribution in [0.4, 0.5) is 11.6 Å². The number of piperazine rings is 1. The molecule has 2 N–H and O–H groups in total. The minimum atomic E-state index is -0.741. The molecule has 1 atom stereocenters. The lowest BCUT2D eigenvalue weighted by atomic mass is 10.1. The van der Waals surface area contributed by atoms with Crippen molar-refractivity contribution in [1.82, 2.24) is 19.8 Å². The molecule has 3 amide bonds. The molecule has 2 aliphatic heterocycles. The van der Waals surface area contributed by atoms with E-state index in [1.54, 1.807) is 24.3 Å². The average Bonchev–Trinajstić information content (AvgIpc) is 3.12. The standard InChI is InChI=1S/C24H26N6O3/c1-28-20-9-5-4-8-18(20)27-24(28)30-14-12-29(13-15-30)21(31)11-10-19-23(33)25-17-7-3-2-6-16(17)22(32)26-19/h2-9,19H,10-15H2,1H3,(H,25,33)(H,26,32)/t19-/m0/s1. The summed E-state index contributed by atoms with van der Waals surface area (Å²) >= 11 is 0. The van der Waals surface area contributed by atoms with Crippen LogP contribution < -0.4 is 15.5 Å². The number of anilines is 2. The number of carbonyl (C=O) groups excluding carboxylic acids is 3. The Morgan fingerprint density at radius 1 is 1.03 bits per heavy atom. The number of aryl methyl sites for hydroxylation is 1. The number of nitrogens with one attached hydrogen (secondary N) is 2. The Bertz CT molecular complexity index is 1230. The maximum atomic E-state index is 12.8. The van der Waals surface area contributed by atoms with Gasteiger partial charge in [-0.3, -0.25) is 14.4 Å². The molecule has 3 heterocycles. The van der Waals surface area contributed by atoms with Crippen molar-refractivity contribution in [2.24, 2.45) is 7.05 Å². The van der Waals surface area contributed by atoms with Crippen LogP contribution >= 0.6 is 0 Å². The van der Waals surface area contributed by atoms with Crippen LogP contribution in [0.1, 0.15) is 23.2 Å². The van der Waals surface area contributed by atoms with Crippen LogP contribution in [0.5, 0.6) is 0 Å². The van der Waals surface area contributed by atoms with Crippen molar-refractivity contribution in [3.05, 3.63) is 54.1 Å². The Morgan fingerprint density at radius 3 is 2.55 bits per heavy atom. The highest BCUT2D eigenvalue weighted by Gasteiger charge is 2.29. The van der Waals surface area contributed by atoms with Gasteiger partial charge in [-0.2, -0.15) is 0 Å². The molecule has 0 bridgehead atoms. The van der Waals surface area contributed by atoms with Crippen molar-refractivity contribution in [1.29, 1.82) is 0 Å². The predicted octanol–water partition coefficient (Wildman–Crippen LogP) is 1.75. The van der Waals surface area contributed by atoms with Crippen LogP contribution in [0, 0.1) is 0 Å². The SMILES string of the molecule is Cn1c(N2CCN(C(=O)CC[C@@H]3NC(=O)c4ccccc4NC3=O)CC2)nc2ccccc21. The van der Waals surface area contributed by atoms with Gasteiger partial charge >= 0.3 is 0 Å². The zero-order chi connectivity index (χ0) is 22.9. The number of nitrogens with zero attached hydrogens (tertiary/aromatic N) is 4. The molecule has 0 radical (unpaired) electrons. The van der Waals surface area contributed by atoms with Gasteiger partial charge in [0.2, 0.25) is 17.8 Å². The van der Waals surface area contributed by atoms with Crippen LogP contribution in [-0.2, 0) is 16.6 Å². The first kappa shape index (κ1) is 21.0. The highest BCUT2D eigenvalue weighted by molar-refractivity contribution is 6.09. The number of imidazole rings is 1. The molecule has 170 valence electrons. The van der Waals surface area contributed by atoms with E-state index in [2.05, 4.69) is 20.1 Å². The summed E-state index contributed by atoms with van der Waals surface area (Å²) in [5, 5.41) is 5.53. The van der Waals surface area contributed by atoms with Crippen LogP contribution in [0.15, 0.2) is 48.5 Å². The second kappa shape index (κ2) is 8.57. The Balaban J connectivity index is 1.17. The van der Waals surface area contributed by atoms with Gasteiger partial charge in [0.1, 0.15) is 6.04 Å². The van der Waals surface area contributed by atoms with E-state index in [9.17, 15) is 14.4 Å². The molecule has 0 aliphatic carbocycles. The lowest BCUT2D eigenvalue weighted by molar-refractivity contribution is -0.131. The monoisotopic (exact) mass is 446 g/mol. The van der Waals surface area contributed by atoms with Gasteiger partial charge in [0.05, 0.1) is 22.3 Å². The van der Waals surface area contributed by atoms with E-state index in [1.807, 2.05) is 36.2 Å². The van der Waals surface area contributed by atoms with Crippen molar-refractivity contribution in [2.45, 2.75) is 18.9 Å². The Hall–Kier alpha value is -3.88. The summed E-state index contributed by atoms with van der Waals surface area (Å²) in [5.41, 5.74) is 2.96. The van der Waals surface area contributed by atoms with Crippen molar-refractivity contribution in [2.75, 3.05) is 36.4 Å². The first-order valence-corrected chi connectivity index (χ1v) is 11.2. The lowest BCUT2D eigenvalue weighted by Gasteiger charge is -2.35. The van der Waals surface area contributed by atoms with Crippen molar-refractivity contribution >= 4 is 40.4 Å². The van der Waals surface area contributed by atoms with Gasteiger partial charge in [-0.05, 0) is 30.7 Å². The minimum Gasteiger partial charge on any atom is -0.340 e. The predicted molar refractivity (Wildman–Crippen MR) is 125 cm³/mol. The van der Waals surface area contributed by atoms with E-state index in [0.29, 0.717) is 37.4 Å². The molecule has 33 heavy (non-hydrogen) atoms. The second-order valence-electron chi connectivity index (χ2n) is 8.43. The first-order valence-electron chi connectivity index (χ1n) is 11.2. The van der Waals surface area contributed by atoms with Gasteiger partial charge < -0.3 is 25.0 Å². The number of rotatable bonds is 4. The van der Waals surface area contributed by atoms with Crippen LogP contribution in [0.2, 0.25) is 0 Å². The zero-order valence-corrected chi connectivity index (χ0v) is 18.5. The molecule has 5 rings (SSSR count). The fourth-order valence-corrected chi connectivity index (χ4v) is 4.51. The third-order valence-corrected chi connectivity index (χ3v) is 6.38. The summed E-state index contributed by atoms with van der Waals surface area (Å²) in [6, 6.07) is 14.2. The fraction of sp³-hybridized carbons (Fsp3) is 0.333. The minimum absolute atomic E-state index is 0.0107. The summed E-state index contributed by atoms with van der Waals surface area (Å²) in [7, 11) is 2.01. The van der Waals surface area contributed by atoms with Gasteiger partial charge in [-0.1, -0.05) is 24.3 Å². The lowest BCUT2D eigenvalue weighted by Crippen LogP contribution is -2.50. The molecule has 0 unspecified atom stereocenters. The molecule has 9 heteroatoms. The normalized spacial score (nSPS) is 18.5. The van der Waals surface area contributed by atoms with Gasteiger partial charge in [-0.15, -0.1) is 0 Å². The largest absolute Gasteiger partial charge is 0.340 e. The number of hydrogen-bond acceptors (Lipinski definition) is 5. The maximum absolute atomic E-state index is 12.8. The third-order valence-electron chi connectivity index (χ3n) is 6.38. The molecule has 1 fully saturated rings. The molecule has 1 aromatic heterocycles. The molecule has 2 aliphatic rings. The van der Waals surface area contributed by atoms with E-state index in [0.717, 1.165) is 17.0 Å². The fourth-order valence-electron chi connectivity index (χ4n) is 4.51. The Kier molecular flexibility index (Phi) is 5.45. The molecular formula is C24H26N6O3. The number of para-hydroxylation sites is 3. The van der Waals surface area contributed by atoms with Crippen molar-refractivity contribution in [3.8, 4) is 0 Å². The molecule has 9 nitrogen and oxygen atoms in total. The number of amides is 3. The van der Waals surface area contributed by atoms with Gasteiger partial charge in [-0.25, -0.2) is 4.98 Å². The average molecular weight is 447 g/mol. The zero-order valence-electron chi connectivity index (χ0n) is 18.5. The topological polar surface area (TPSA) is 99.6 Å². The molecular weight excluding hydrogens is 420 g/mol. The molecule has 0 saturated carbocycles. The number of aromatic nitrogens is 2. The van der Waals surface area contributed by atoms with Crippen molar-refractivity contribution in [3.63, 3.8) is 0 Å². The number of carbonyl (C=O) groups is 3. The third kappa shape index (κ3) is 4.02. The van der Waals surface area contributed by atoms with Gasteiger partial charge in [0.25, 0.3) is 5.91 Å². The highest BCUT2D eigenvalue weighted by Crippen LogP contribution is 2.23. The molecule has 2 aromatic carbocycles.